The Hall–Kier alpha value is -1.60. The van der Waals surface area contributed by atoms with E-state index in [9.17, 15) is 5.26 Å². The Morgan fingerprint density at radius 3 is 3.05 bits per heavy atom. The van der Waals surface area contributed by atoms with Crippen LogP contribution in [-0.4, -0.2) is 24.1 Å². The highest BCUT2D eigenvalue weighted by molar-refractivity contribution is 5.57. The molecular weight excluding hydrogens is 236 g/mol. The molecule has 3 rings (SSSR count). The molecular formula is C15H20N4. The molecule has 1 aromatic heterocycles. The van der Waals surface area contributed by atoms with E-state index in [1.165, 1.54) is 11.3 Å². The van der Waals surface area contributed by atoms with Gasteiger partial charge in [-0.1, -0.05) is 6.92 Å². The van der Waals surface area contributed by atoms with Gasteiger partial charge in [0.05, 0.1) is 5.56 Å². The molecule has 2 aliphatic rings. The van der Waals surface area contributed by atoms with Crippen molar-refractivity contribution in [2.24, 2.45) is 11.7 Å². The molecule has 1 aromatic rings. The Morgan fingerprint density at radius 2 is 2.32 bits per heavy atom. The Labute approximate surface area is 114 Å². The van der Waals surface area contributed by atoms with Crippen molar-refractivity contribution in [3.8, 4) is 6.07 Å². The van der Waals surface area contributed by atoms with Gasteiger partial charge in [0.2, 0.25) is 0 Å². The lowest BCUT2D eigenvalue weighted by Crippen LogP contribution is -2.46. The quantitative estimate of drug-likeness (QED) is 0.829. The molecule has 2 unspecified atom stereocenters. The molecule has 0 spiro atoms. The fraction of sp³-hybridized carbons (Fsp3) is 0.600. The van der Waals surface area contributed by atoms with Crippen LogP contribution in [0.15, 0.2) is 6.07 Å². The first-order valence-corrected chi connectivity index (χ1v) is 7.12. The lowest BCUT2D eigenvalue weighted by Gasteiger charge is -2.36. The van der Waals surface area contributed by atoms with Crippen LogP contribution in [-0.2, 0) is 12.8 Å². The average molecular weight is 256 g/mol. The highest BCUT2D eigenvalue weighted by Crippen LogP contribution is 2.29. The van der Waals surface area contributed by atoms with E-state index >= 15 is 0 Å². The normalized spacial score (nSPS) is 26.1. The molecule has 0 amide bonds. The van der Waals surface area contributed by atoms with Crippen LogP contribution >= 0.6 is 0 Å². The first-order valence-electron chi connectivity index (χ1n) is 7.12. The number of aryl methyl sites for hydroxylation is 2. The van der Waals surface area contributed by atoms with E-state index in [1.807, 2.05) is 6.07 Å². The van der Waals surface area contributed by atoms with Crippen molar-refractivity contribution < 1.29 is 0 Å². The van der Waals surface area contributed by atoms with Crippen molar-refractivity contribution in [3.05, 3.63) is 22.9 Å². The molecule has 0 aromatic carbocycles. The number of pyridine rings is 1. The van der Waals surface area contributed by atoms with Crippen molar-refractivity contribution in [2.75, 3.05) is 18.0 Å². The first-order chi connectivity index (χ1) is 9.19. The number of rotatable bonds is 1. The van der Waals surface area contributed by atoms with E-state index in [2.05, 4.69) is 17.9 Å². The summed E-state index contributed by atoms with van der Waals surface area (Å²) in [5.41, 5.74) is 9.25. The van der Waals surface area contributed by atoms with Gasteiger partial charge in [0, 0.05) is 24.8 Å². The summed E-state index contributed by atoms with van der Waals surface area (Å²) in [6, 6.07) is 4.63. The number of hydrogen-bond acceptors (Lipinski definition) is 4. The summed E-state index contributed by atoms with van der Waals surface area (Å²) < 4.78 is 0. The molecule has 19 heavy (non-hydrogen) atoms. The van der Waals surface area contributed by atoms with E-state index in [0.29, 0.717) is 5.92 Å². The largest absolute Gasteiger partial charge is 0.355 e. The van der Waals surface area contributed by atoms with E-state index in [4.69, 9.17) is 10.7 Å². The van der Waals surface area contributed by atoms with Crippen LogP contribution in [0.1, 0.15) is 36.6 Å². The Morgan fingerprint density at radius 1 is 1.47 bits per heavy atom. The van der Waals surface area contributed by atoms with Crippen LogP contribution in [0.2, 0.25) is 0 Å². The maximum Gasteiger partial charge on any atom is 0.146 e. The molecule has 0 bridgehead atoms. The van der Waals surface area contributed by atoms with Gasteiger partial charge in [-0.15, -0.1) is 0 Å². The third-order valence-corrected chi connectivity index (χ3v) is 4.42. The lowest BCUT2D eigenvalue weighted by atomic mass is 9.94. The van der Waals surface area contributed by atoms with Crippen LogP contribution < -0.4 is 10.6 Å². The fourth-order valence-electron chi connectivity index (χ4n) is 3.14. The second-order valence-corrected chi connectivity index (χ2v) is 5.81. The van der Waals surface area contributed by atoms with Crippen LogP contribution in [0.5, 0.6) is 0 Å². The molecule has 1 aliphatic heterocycles. The number of nitriles is 1. The summed E-state index contributed by atoms with van der Waals surface area (Å²) >= 11 is 0. The van der Waals surface area contributed by atoms with Gasteiger partial charge in [-0.05, 0) is 43.2 Å². The average Bonchev–Trinajstić information content (AvgIpc) is 2.87. The zero-order valence-electron chi connectivity index (χ0n) is 11.4. The molecule has 2 heterocycles. The zero-order valence-corrected chi connectivity index (χ0v) is 11.4. The van der Waals surface area contributed by atoms with Gasteiger partial charge in [0.1, 0.15) is 11.9 Å². The molecule has 4 heteroatoms. The monoisotopic (exact) mass is 256 g/mol. The van der Waals surface area contributed by atoms with Crippen molar-refractivity contribution in [1.82, 2.24) is 4.98 Å². The second kappa shape index (κ2) is 4.82. The summed E-state index contributed by atoms with van der Waals surface area (Å²) in [4.78, 5) is 7.01. The molecule has 100 valence electrons. The predicted molar refractivity (Wildman–Crippen MR) is 74.9 cm³/mol. The smallest absolute Gasteiger partial charge is 0.146 e. The molecule has 0 radical (unpaired) electrons. The number of anilines is 1. The number of fused-ring (bicyclic) bond motifs is 1. The molecule has 2 atom stereocenters. The van der Waals surface area contributed by atoms with E-state index < -0.39 is 0 Å². The van der Waals surface area contributed by atoms with Crippen molar-refractivity contribution in [3.63, 3.8) is 0 Å². The summed E-state index contributed by atoms with van der Waals surface area (Å²) in [7, 11) is 0. The number of nitrogens with zero attached hydrogens (tertiary/aromatic N) is 3. The number of nitrogens with two attached hydrogens (primary N) is 1. The minimum absolute atomic E-state index is 0.274. The van der Waals surface area contributed by atoms with Crippen LogP contribution in [0.3, 0.4) is 0 Å². The maximum absolute atomic E-state index is 9.36. The van der Waals surface area contributed by atoms with Crippen molar-refractivity contribution in [1.29, 1.82) is 5.26 Å². The Balaban J connectivity index is 1.94. The molecule has 1 aliphatic carbocycles. The van der Waals surface area contributed by atoms with Crippen LogP contribution in [0.25, 0.3) is 0 Å². The number of aromatic nitrogens is 1. The van der Waals surface area contributed by atoms with E-state index in [1.54, 1.807) is 0 Å². The zero-order chi connectivity index (χ0) is 13.4. The van der Waals surface area contributed by atoms with Crippen LogP contribution in [0, 0.1) is 17.2 Å². The van der Waals surface area contributed by atoms with E-state index in [0.717, 1.165) is 50.2 Å². The SMILES string of the molecule is CC1CN(c2nc3c(cc2C#N)CCC3)CCC1N. The van der Waals surface area contributed by atoms with Gasteiger partial charge in [0.15, 0.2) is 0 Å². The van der Waals surface area contributed by atoms with E-state index in [-0.39, 0.29) is 6.04 Å². The second-order valence-electron chi connectivity index (χ2n) is 5.81. The van der Waals surface area contributed by atoms with Crippen molar-refractivity contribution in [2.45, 2.75) is 38.6 Å². The topological polar surface area (TPSA) is 65.9 Å². The van der Waals surface area contributed by atoms with Gasteiger partial charge in [-0.3, -0.25) is 0 Å². The highest BCUT2D eigenvalue weighted by Gasteiger charge is 2.27. The molecule has 4 nitrogen and oxygen atoms in total. The van der Waals surface area contributed by atoms with Crippen molar-refractivity contribution >= 4 is 5.82 Å². The molecule has 2 N–H and O–H groups in total. The molecule has 0 saturated carbocycles. The maximum atomic E-state index is 9.36. The minimum atomic E-state index is 0.274. The molecule has 1 saturated heterocycles. The number of piperidine rings is 1. The van der Waals surface area contributed by atoms with Gasteiger partial charge in [0.25, 0.3) is 0 Å². The summed E-state index contributed by atoms with van der Waals surface area (Å²) in [5, 5.41) is 9.36. The standard InChI is InChI=1S/C15H20N4/c1-10-9-19(6-5-13(10)17)15-12(8-16)7-11-3-2-4-14(11)18-15/h7,10,13H,2-6,9,17H2,1H3. The predicted octanol–water partition coefficient (Wildman–Crippen LogP) is 1.62. The Bertz CT molecular complexity index is 532. The minimum Gasteiger partial charge on any atom is -0.355 e. The van der Waals surface area contributed by atoms with Gasteiger partial charge >= 0.3 is 0 Å². The summed E-state index contributed by atoms with van der Waals surface area (Å²) in [6.07, 6.45) is 4.26. The third-order valence-electron chi connectivity index (χ3n) is 4.42. The first kappa shape index (κ1) is 12.4. The highest BCUT2D eigenvalue weighted by atomic mass is 15.2. The van der Waals surface area contributed by atoms with Gasteiger partial charge in [-0.25, -0.2) is 4.98 Å². The Kier molecular flexibility index (Phi) is 3.16. The fourth-order valence-corrected chi connectivity index (χ4v) is 3.14. The summed E-state index contributed by atoms with van der Waals surface area (Å²) in [5.74, 6) is 1.33. The molecule has 1 fully saturated rings. The van der Waals surface area contributed by atoms with Crippen LogP contribution in [0.4, 0.5) is 5.82 Å². The summed E-state index contributed by atoms with van der Waals surface area (Å²) in [6.45, 7) is 3.99. The number of hydrogen-bond donors (Lipinski definition) is 1. The lowest BCUT2D eigenvalue weighted by molar-refractivity contribution is 0.381. The van der Waals surface area contributed by atoms with Gasteiger partial charge < -0.3 is 10.6 Å². The van der Waals surface area contributed by atoms with Gasteiger partial charge in [-0.2, -0.15) is 5.26 Å². The third kappa shape index (κ3) is 2.19.